The quantitative estimate of drug-likeness (QED) is 0.509. The first kappa shape index (κ1) is 14.2. The molecule has 0 amide bonds. The van der Waals surface area contributed by atoms with Gasteiger partial charge in [0.25, 0.3) is 0 Å². The molecule has 0 saturated heterocycles. The van der Waals surface area contributed by atoms with Gasteiger partial charge in [0.05, 0.1) is 6.21 Å². The molecule has 4 nitrogen and oxygen atoms in total. The summed E-state index contributed by atoms with van der Waals surface area (Å²) in [7, 11) is 1.77. The first-order chi connectivity index (χ1) is 11.3. The summed E-state index contributed by atoms with van der Waals surface area (Å²) in [6.07, 6.45) is 1.85. The van der Waals surface area contributed by atoms with Crippen LogP contribution in [-0.2, 0) is 0 Å². The fourth-order valence-electron chi connectivity index (χ4n) is 2.32. The fraction of sp³-hybridized carbons (Fsp3) is 0.0588. The van der Waals surface area contributed by atoms with Gasteiger partial charge < -0.3 is 4.42 Å². The number of nitrogens with zero attached hydrogens (tertiary/aromatic N) is 3. The lowest BCUT2D eigenvalue weighted by molar-refractivity contribution is 0.622. The lowest BCUT2D eigenvalue weighted by atomic mass is 10.2. The topological polar surface area (TPSA) is 42.8 Å². The Morgan fingerprint density at radius 3 is 2.83 bits per heavy atom. The first-order valence-corrected chi connectivity index (χ1v) is 8.81. The Balaban J connectivity index is 1.84. The van der Waals surface area contributed by atoms with E-state index in [9.17, 15) is 0 Å². The van der Waals surface area contributed by atoms with Gasteiger partial charge in [0.1, 0.15) is 11.3 Å². The minimum atomic E-state index is 0.792. The second kappa shape index (κ2) is 5.98. The zero-order valence-electron chi connectivity index (χ0n) is 12.3. The molecule has 0 aliphatic heterocycles. The maximum Gasteiger partial charge on any atom is 0.206 e. The molecule has 4 rings (SSSR count). The van der Waals surface area contributed by atoms with E-state index >= 15 is 0 Å². The molecule has 0 saturated carbocycles. The number of para-hydroxylation sites is 1. The molecule has 3 aromatic heterocycles. The molecule has 0 aliphatic rings. The summed E-state index contributed by atoms with van der Waals surface area (Å²) < 4.78 is 7.78. The normalized spacial score (nSPS) is 12.7. The number of rotatable bonds is 3. The largest absolute Gasteiger partial charge is 0.454 e. The molecule has 23 heavy (non-hydrogen) atoms. The Morgan fingerprint density at radius 1 is 1.13 bits per heavy atom. The van der Waals surface area contributed by atoms with E-state index in [0.717, 1.165) is 32.1 Å². The Bertz CT molecular complexity index is 1000. The van der Waals surface area contributed by atoms with Gasteiger partial charge in [0.2, 0.25) is 4.80 Å². The van der Waals surface area contributed by atoms with Crippen LogP contribution >= 0.6 is 22.7 Å². The number of furan rings is 1. The predicted octanol–water partition coefficient (Wildman–Crippen LogP) is 4.44. The molecule has 4 aromatic rings. The van der Waals surface area contributed by atoms with Gasteiger partial charge in [-0.2, -0.15) is 5.10 Å². The number of thiazole rings is 1. The Morgan fingerprint density at radius 2 is 2.04 bits per heavy atom. The van der Waals surface area contributed by atoms with Crippen molar-refractivity contribution < 1.29 is 4.42 Å². The van der Waals surface area contributed by atoms with Crippen molar-refractivity contribution in [2.24, 2.45) is 10.1 Å². The van der Waals surface area contributed by atoms with Gasteiger partial charge >= 0.3 is 0 Å². The van der Waals surface area contributed by atoms with Gasteiger partial charge in [-0.15, -0.1) is 22.7 Å². The van der Waals surface area contributed by atoms with Gasteiger partial charge in [0, 0.05) is 22.7 Å². The van der Waals surface area contributed by atoms with Crippen LogP contribution in [0.3, 0.4) is 0 Å². The second-order valence-electron chi connectivity index (χ2n) is 4.85. The van der Waals surface area contributed by atoms with Crippen molar-refractivity contribution in [2.75, 3.05) is 7.05 Å². The molecule has 1 aromatic carbocycles. The van der Waals surface area contributed by atoms with Crippen LogP contribution in [0, 0.1) is 0 Å². The lowest BCUT2D eigenvalue weighted by Gasteiger charge is -1.99. The summed E-state index contributed by atoms with van der Waals surface area (Å²) in [5.74, 6) is 0.792. The summed E-state index contributed by atoms with van der Waals surface area (Å²) in [4.78, 5) is 6.23. The van der Waals surface area contributed by atoms with E-state index < -0.39 is 0 Å². The standard InChI is InChI=1S/C17H13N3OS2/c1-18-17-20(19-10-13-6-4-8-22-13)14(11-23-17)16-9-12-5-2-3-7-15(12)21-16/h2-11H,1H3. The highest BCUT2D eigenvalue weighted by atomic mass is 32.1. The molecule has 0 unspecified atom stereocenters. The van der Waals surface area contributed by atoms with Crippen LogP contribution in [0.25, 0.3) is 22.4 Å². The van der Waals surface area contributed by atoms with E-state index in [1.165, 1.54) is 0 Å². The molecule has 6 heteroatoms. The summed E-state index contributed by atoms with van der Waals surface area (Å²) in [6.45, 7) is 0. The van der Waals surface area contributed by atoms with Crippen LogP contribution in [0.1, 0.15) is 4.88 Å². The van der Waals surface area contributed by atoms with Crippen molar-refractivity contribution in [1.29, 1.82) is 0 Å². The zero-order valence-corrected chi connectivity index (χ0v) is 14.0. The van der Waals surface area contributed by atoms with Gasteiger partial charge in [-0.1, -0.05) is 24.3 Å². The van der Waals surface area contributed by atoms with Crippen LogP contribution in [0.2, 0.25) is 0 Å². The number of benzene rings is 1. The van der Waals surface area contributed by atoms with Crippen molar-refractivity contribution in [2.45, 2.75) is 0 Å². The molecule has 0 spiro atoms. The molecule has 0 radical (unpaired) electrons. The smallest absolute Gasteiger partial charge is 0.206 e. The molecule has 0 fully saturated rings. The van der Waals surface area contributed by atoms with E-state index in [1.807, 2.05) is 64.1 Å². The summed E-state index contributed by atoms with van der Waals surface area (Å²) >= 11 is 3.19. The minimum Gasteiger partial charge on any atom is -0.454 e. The summed E-state index contributed by atoms with van der Waals surface area (Å²) in [5, 5.41) is 9.72. The van der Waals surface area contributed by atoms with Crippen molar-refractivity contribution in [1.82, 2.24) is 4.68 Å². The predicted molar refractivity (Wildman–Crippen MR) is 96.3 cm³/mol. The highest BCUT2D eigenvalue weighted by Crippen LogP contribution is 2.28. The maximum atomic E-state index is 5.96. The number of thiophene rings is 1. The minimum absolute atomic E-state index is 0.792. The van der Waals surface area contributed by atoms with Gasteiger partial charge in [-0.05, 0) is 23.6 Å². The third-order valence-electron chi connectivity index (χ3n) is 3.40. The van der Waals surface area contributed by atoms with Gasteiger partial charge in [-0.25, -0.2) is 4.68 Å². The van der Waals surface area contributed by atoms with E-state index in [0.29, 0.717) is 0 Å². The van der Waals surface area contributed by atoms with Crippen molar-refractivity contribution in [3.63, 3.8) is 0 Å². The van der Waals surface area contributed by atoms with Crippen molar-refractivity contribution in [3.05, 3.63) is 62.9 Å². The molecule has 0 atom stereocenters. The third kappa shape index (κ3) is 2.67. The van der Waals surface area contributed by atoms with Gasteiger partial charge in [-0.3, -0.25) is 4.99 Å². The number of hydrogen-bond donors (Lipinski definition) is 0. The van der Waals surface area contributed by atoms with Crippen molar-refractivity contribution >= 4 is 39.9 Å². The van der Waals surface area contributed by atoms with Crippen LogP contribution < -0.4 is 4.80 Å². The molecule has 3 heterocycles. The molecular weight excluding hydrogens is 326 g/mol. The first-order valence-electron chi connectivity index (χ1n) is 7.05. The number of hydrogen-bond acceptors (Lipinski definition) is 5. The highest BCUT2D eigenvalue weighted by molar-refractivity contribution is 7.11. The Hall–Kier alpha value is -2.44. The molecule has 0 N–H and O–H groups in total. The monoisotopic (exact) mass is 339 g/mol. The van der Waals surface area contributed by atoms with E-state index in [4.69, 9.17) is 4.42 Å². The fourth-order valence-corrected chi connectivity index (χ4v) is 3.68. The molecular formula is C17H13N3OS2. The molecule has 114 valence electrons. The summed E-state index contributed by atoms with van der Waals surface area (Å²) in [5.41, 5.74) is 1.78. The van der Waals surface area contributed by atoms with Crippen LogP contribution in [-0.4, -0.2) is 17.9 Å². The Kier molecular flexibility index (Phi) is 3.69. The second-order valence-corrected chi connectivity index (χ2v) is 6.66. The van der Waals surface area contributed by atoms with Crippen LogP contribution in [0.4, 0.5) is 0 Å². The van der Waals surface area contributed by atoms with Gasteiger partial charge in [0.15, 0.2) is 5.76 Å². The highest BCUT2D eigenvalue weighted by Gasteiger charge is 2.12. The SMILES string of the molecule is CN=c1scc(-c2cc3ccccc3o2)n1N=Cc1cccs1. The lowest BCUT2D eigenvalue weighted by Crippen LogP contribution is -2.11. The average molecular weight is 339 g/mol. The Labute approximate surface area is 140 Å². The van der Waals surface area contributed by atoms with E-state index in [1.54, 1.807) is 29.7 Å². The molecule has 0 bridgehead atoms. The zero-order chi connectivity index (χ0) is 15.6. The maximum absolute atomic E-state index is 5.96. The third-order valence-corrected chi connectivity index (χ3v) is 5.11. The van der Waals surface area contributed by atoms with Crippen LogP contribution in [0.5, 0.6) is 0 Å². The summed E-state index contributed by atoms with van der Waals surface area (Å²) in [6, 6.07) is 14.1. The van der Waals surface area contributed by atoms with Crippen molar-refractivity contribution in [3.8, 4) is 11.5 Å². The van der Waals surface area contributed by atoms with E-state index in [-0.39, 0.29) is 0 Å². The average Bonchev–Trinajstić information content (AvgIpc) is 3.30. The molecule has 0 aliphatic carbocycles. The van der Waals surface area contributed by atoms with E-state index in [2.05, 4.69) is 10.1 Å². The number of fused-ring (bicyclic) bond motifs is 1. The number of aromatic nitrogens is 1. The van der Waals surface area contributed by atoms with Crippen LogP contribution in [0.15, 0.2) is 67.7 Å².